The molecule has 0 aliphatic carbocycles. The molecule has 3 aromatic rings. The van der Waals surface area contributed by atoms with Crippen LogP contribution >= 0.6 is 11.8 Å². The lowest BCUT2D eigenvalue weighted by Gasteiger charge is -2.02. The van der Waals surface area contributed by atoms with Crippen LogP contribution in [0.1, 0.15) is 45.4 Å². The van der Waals surface area contributed by atoms with Gasteiger partial charge in [0.25, 0.3) is 0 Å². The molecule has 5 heteroatoms. The summed E-state index contributed by atoms with van der Waals surface area (Å²) in [6.45, 7) is 2.25. The predicted octanol–water partition coefficient (Wildman–Crippen LogP) is 5.58. The van der Waals surface area contributed by atoms with Gasteiger partial charge in [-0.3, -0.25) is 0 Å². The zero-order chi connectivity index (χ0) is 17.5. The van der Waals surface area contributed by atoms with Gasteiger partial charge >= 0.3 is 0 Å². The van der Waals surface area contributed by atoms with Crippen molar-refractivity contribution in [1.82, 2.24) is 15.0 Å². The fourth-order valence-corrected chi connectivity index (χ4v) is 3.74. The molecule has 132 valence electrons. The summed E-state index contributed by atoms with van der Waals surface area (Å²) in [4.78, 5) is 2.73. The van der Waals surface area contributed by atoms with E-state index in [-0.39, 0.29) is 5.75 Å². The van der Waals surface area contributed by atoms with Gasteiger partial charge in [-0.2, -0.15) is 0 Å². The lowest BCUT2D eigenvalue weighted by atomic mass is 10.1. The van der Waals surface area contributed by atoms with E-state index in [1.807, 2.05) is 30.0 Å². The molecule has 1 aromatic heterocycles. The van der Waals surface area contributed by atoms with Crippen LogP contribution in [0.5, 0.6) is 5.75 Å². The molecule has 1 N–H and O–H groups in total. The SMILES string of the molecule is CCCCCCCCSc1ccc2nn(-c3ccccc3O)nc2c1. The van der Waals surface area contributed by atoms with E-state index in [9.17, 15) is 5.11 Å². The fourth-order valence-electron chi connectivity index (χ4n) is 2.80. The minimum atomic E-state index is 0.181. The van der Waals surface area contributed by atoms with Crippen LogP contribution in [0.25, 0.3) is 16.7 Å². The topological polar surface area (TPSA) is 50.9 Å². The summed E-state index contributed by atoms with van der Waals surface area (Å²) in [6.07, 6.45) is 7.95. The highest BCUT2D eigenvalue weighted by Gasteiger charge is 2.08. The van der Waals surface area contributed by atoms with Crippen molar-refractivity contribution in [2.75, 3.05) is 5.75 Å². The molecule has 0 bridgehead atoms. The monoisotopic (exact) mass is 355 g/mol. The lowest BCUT2D eigenvalue weighted by molar-refractivity contribution is 0.468. The molecule has 0 atom stereocenters. The van der Waals surface area contributed by atoms with Crippen molar-refractivity contribution < 1.29 is 5.11 Å². The van der Waals surface area contributed by atoms with Crippen LogP contribution in [0.15, 0.2) is 47.4 Å². The Balaban J connectivity index is 1.60. The molecule has 0 fully saturated rings. The van der Waals surface area contributed by atoms with E-state index in [0.717, 1.165) is 16.8 Å². The van der Waals surface area contributed by atoms with Gasteiger partial charge in [0.05, 0.1) is 0 Å². The van der Waals surface area contributed by atoms with Gasteiger partial charge in [-0.1, -0.05) is 51.2 Å². The fraction of sp³-hybridized carbons (Fsp3) is 0.400. The second-order valence-corrected chi connectivity index (χ2v) is 7.41. The van der Waals surface area contributed by atoms with E-state index in [1.54, 1.807) is 12.1 Å². The number of fused-ring (bicyclic) bond motifs is 1. The number of nitrogens with zero attached hydrogens (tertiary/aromatic N) is 3. The number of phenols is 1. The van der Waals surface area contributed by atoms with Crippen molar-refractivity contribution in [2.45, 2.75) is 50.3 Å². The highest BCUT2D eigenvalue weighted by Crippen LogP contribution is 2.25. The van der Waals surface area contributed by atoms with E-state index >= 15 is 0 Å². The van der Waals surface area contributed by atoms with Crippen LogP contribution in [0, 0.1) is 0 Å². The van der Waals surface area contributed by atoms with Crippen molar-refractivity contribution in [2.24, 2.45) is 0 Å². The smallest absolute Gasteiger partial charge is 0.143 e. The van der Waals surface area contributed by atoms with Crippen LogP contribution in [-0.2, 0) is 0 Å². The Bertz CT molecular complexity index is 816. The second-order valence-electron chi connectivity index (χ2n) is 6.24. The Morgan fingerprint density at radius 3 is 2.52 bits per heavy atom. The van der Waals surface area contributed by atoms with E-state index in [4.69, 9.17) is 0 Å². The number of para-hydroxylation sites is 2. The standard InChI is InChI=1S/C20H25N3OS/c1-2-3-4-5-6-9-14-25-16-12-13-17-18(15-16)22-23(21-17)19-10-7-8-11-20(19)24/h7-8,10-13,15,24H,2-6,9,14H2,1H3. The zero-order valence-corrected chi connectivity index (χ0v) is 15.5. The molecule has 25 heavy (non-hydrogen) atoms. The first kappa shape index (κ1) is 17.8. The molecule has 0 amide bonds. The highest BCUT2D eigenvalue weighted by molar-refractivity contribution is 7.99. The molecular weight excluding hydrogens is 330 g/mol. The summed E-state index contributed by atoms with van der Waals surface area (Å²) in [7, 11) is 0. The summed E-state index contributed by atoms with van der Waals surface area (Å²) < 4.78 is 0. The third kappa shape index (κ3) is 4.75. The number of benzene rings is 2. The Hall–Kier alpha value is -2.01. The number of aromatic hydroxyl groups is 1. The molecule has 1 heterocycles. The molecular formula is C20H25N3OS. The van der Waals surface area contributed by atoms with Gasteiger partial charge in [0.15, 0.2) is 0 Å². The Labute approximate surface area is 153 Å². The zero-order valence-electron chi connectivity index (χ0n) is 14.7. The Kier molecular flexibility index (Phi) is 6.34. The van der Waals surface area contributed by atoms with Crippen molar-refractivity contribution >= 4 is 22.8 Å². The third-order valence-electron chi connectivity index (χ3n) is 4.22. The van der Waals surface area contributed by atoms with Crippen LogP contribution in [0.2, 0.25) is 0 Å². The Morgan fingerprint density at radius 1 is 0.920 bits per heavy atom. The van der Waals surface area contributed by atoms with Crippen LogP contribution in [-0.4, -0.2) is 25.9 Å². The number of thioether (sulfide) groups is 1. The molecule has 0 saturated heterocycles. The van der Waals surface area contributed by atoms with Gasteiger partial charge in [-0.25, -0.2) is 0 Å². The first-order chi connectivity index (χ1) is 12.3. The van der Waals surface area contributed by atoms with E-state index in [2.05, 4.69) is 29.3 Å². The van der Waals surface area contributed by atoms with Gasteiger partial charge < -0.3 is 5.11 Å². The quantitative estimate of drug-likeness (QED) is 0.402. The van der Waals surface area contributed by atoms with Crippen LogP contribution < -0.4 is 0 Å². The van der Waals surface area contributed by atoms with Crippen LogP contribution in [0.3, 0.4) is 0 Å². The van der Waals surface area contributed by atoms with Crippen molar-refractivity contribution in [3.63, 3.8) is 0 Å². The van der Waals surface area contributed by atoms with Gasteiger partial charge in [-0.05, 0) is 42.5 Å². The summed E-state index contributed by atoms with van der Waals surface area (Å²) in [5.74, 6) is 1.33. The second kappa shape index (κ2) is 8.90. The number of hydrogen-bond acceptors (Lipinski definition) is 4. The first-order valence-electron chi connectivity index (χ1n) is 9.06. The summed E-state index contributed by atoms with van der Waals surface area (Å²) >= 11 is 1.88. The summed E-state index contributed by atoms with van der Waals surface area (Å²) in [6, 6.07) is 13.3. The minimum Gasteiger partial charge on any atom is -0.506 e. The van der Waals surface area contributed by atoms with Crippen LogP contribution in [0.4, 0.5) is 0 Å². The molecule has 3 rings (SSSR count). The largest absolute Gasteiger partial charge is 0.506 e. The number of hydrogen-bond donors (Lipinski definition) is 1. The normalized spacial score (nSPS) is 11.2. The maximum Gasteiger partial charge on any atom is 0.143 e. The average molecular weight is 356 g/mol. The molecule has 0 aliphatic rings. The predicted molar refractivity (Wildman–Crippen MR) is 105 cm³/mol. The number of phenolic OH excluding ortho intramolecular Hbond substituents is 1. The number of aromatic nitrogens is 3. The highest BCUT2D eigenvalue weighted by atomic mass is 32.2. The van der Waals surface area contributed by atoms with Crippen molar-refractivity contribution in [1.29, 1.82) is 0 Å². The van der Waals surface area contributed by atoms with Gasteiger partial charge in [0, 0.05) is 4.90 Å². The number of unbranched alkanes of at least 4 members (excludes halogenated alkanes) is 5. The van der Waals surface area contributed by atoms with Gasteiger partial charge in [0.1, 0.15) is 22.5 Å². The molecule has 2 aromatic carbocycles. The maximum atomic E-state index is 9.96. The average Bonchev–Trinajstić information content (AvgIpc) is 3.04. The summed E-state index contributed by atoms with van der Waals surface area (Å²) in [5.41, 5.74) is 2.29. The molecule has 0 aliphatic heterocycles. The summed E-state index contributed by atoms with van der Waals surface area (Å²) in [5, 5.41) is 18.9. The minimum absolute atomic E-state index is 0.181. The third-order valence-corrected chi connectivity index (χ3v) is 5.30. The first-order valence-corrected chi connectivity index (χ1v) is 10.0. The van der Waals surface area contributed by atoms with Crippen molar-refractivity contribution in [3.8, 4) is 11.4 Å². The molecule has 4 nitrogen and oxygen atoms in total. The molecule has 0 saturated carbocycles. The van der Waals surface area contributed by atoms with Gasteiger partial charge in [0.2, 0.25) is 0 Å². The molecule has 0 spiro atoms. The lowest BCUT2D eigenvalue weighted by Crippen LogP contribution is -1.98. The van der Waals surface area contributed by atoms with E-state index in [0.29, 0.717) is 5.69 Å². The number of rotatable bonds is 9. The van der Waals surface area contributed by atoms with E-state index < -0.39 is 0 Å². The van der Waals surface area contributed by atoms with Gasteiger partial charge in [-0.15, -0.1) is 26.8 Å². The molecule has 0 unspecified atom stereocenters. The van der Waals surface area contributed by atoms with E-state index in [1.165, 1.54) is 48.2 Å². The Morgan fingerprint density at radius 2 is 1.68 bits per heavy atom. The van der Waals surface area contributed by atoms with Crippen molar-refractivity contribution in [3.05, 3.63) is 42.5 Å². The molecule has 0 radical (unpaired) electrons. The maximum absolute atomic E-state index is 9.96.